The number of aliphatic hydroxyl groups excluding tert-OH is 1. The summed E-state index contributed by atoms with van der Waals surface area (Å²) in [5, 5.41) is 9.23. The van der Waals surface area contributed by atoms with E-state index in [4.69, 9.17) is 0 Å². The second kappa shape index (κ2) is 5.65. The summed E-state index contributed by atoms with van der Waals surface area (Å²) in [7, 11) is -3.39. The number of piperidine rings is 1. The summed E-state index contributed by atoms with van der Waals surface area (Å²) in [4.78, 5) is 0. The van der Waals surface area contributed by atoms with Crippen LogP contribution in [0.3, 0.4) is 0 Å². The molecule has 0 aromatic carbocycles. The Bertz CT molecular complexity index is 341. The molecular weight excluding hydrogens is 240 g/mol. The van der Waals surface area contributed by atoms with Gasteiger partial charge in [0.25, 0.3) is 10.2 Å². The topological polar surface area (TPSA) is 69.6 Å². The number of hydrogen-bond donors (Lipinski definition) is 2. The molecule has 1 atom stereocenters. The normalized spacial score (nSPS) is 27.9. The highest BCUT2D eigenvalue weighted by atomic mass is 32.2. The largest absolute Gasteiger partial charge is 0.395 e. The van der Waals surface area contributed by atoms with Gasteiger partial charge >= 0.3 is 0 Å². The first-order chi connectivity index (χ1) is 8.13. The Kier molecular flexibility index (Phi) is 4.41. The molecule has 5 nitrogen and oxygen atoms in total. The maximum absolute atomic E-state index is 12.1. The van der Waals surface area contributed by atoms with Crippen molar-refractivity contribution < 1.29 is 13.5 Å². The van der Waals surface area contributed by atoms with E-state index in [1.54, 1.807) is 0 Å². The van der Waals surface area contributed by atoms with E-state index < -0.39 is 10.2 Å². The summed E-state index contributed by atoms with van der Waals surface area (Å²) in [6.45, 7) is 1.01. The van der Waals surface area contributed by atoms with E-state index in [-0.39, 0.29) is 12.6 Å². The summed E-state index contributed by atoms with van der Waals surface area (Å²) < 4.78 is 28.3. The minimum absolute atomic E-state index is 0.0790. The first kappa shape index (κ1) is 13.3. The Morgan fingerprint density at radius 2 is 1.94 bits per heavy atom. The lowest BCUT2D eigenvalue weighted by Gasteiger charge is -2.34. The van der Waals surface area contributed by atoms with Crippen molar-refractivity contribution in [2.45, 2.75) is 44.6 Å². The highest BCUT2D eigenvalue weighted by Gasteiger charge is 2.32. The molecule has 0 amide bonds. The standard InChI is InChI=1S/C11H22N2O3S/c14-9-11-6-1-2-7-13(11)17(15,16)12-8-10-4-3-5-10/h10-12,14H,1-9H2. The smallest absolute Gasteiger partial charge is 0.279 e. The molecule has 2 N–H and O–H groups in total. The molecule has 2 aliphatic rings. The molecule has 1 aliphatic heterocycles. The van der Waals surface area contributed by atoms with Gasteiger partial charge in [-0.1, -0.05) is 12.8 Å². The molecule has 2 fully saturated rings. The number of hydrogen-bond acceptors (Lipinski definition) is 3. The van der Waals surface area contributed by atoms with Crippen LogP contribution >= 0.6 is 0 Å². The van der Waals surface area contributed by atoms with Crippen molar-refractivity contribution >= 4 is 10.2 Å². The first-order valence-corrected chi connectivity index (χ1v) is 7.95. The van der Waals surface area contributed by atoms with Crippen molar-refractivity contribution in [1.82, 2.24) is 9.03 Å². The van der Waals surface area contributed by atoms with Crippen LogP contribution in [0, 0.1) is 5.92 Å². The maximum Gasteiger partial charge on any atom is 0.279 e. The predicted octanol–water partition coefficient (Wildman–Crippen LogP) is 0.468. The molecule has 0 aromatic heterocycles. The van der Waals surface area contributed by atoms with Gasteiger partial charge < -0.3 is 5.11 Å². The van der Waals surface area contributed by atoms with Gasteiger partial charge in [0.15, 0.2) is 0 Å². The van der Waals surface area contributed by atoms with Crippen LogP contribution in [0.4, 0.5) is 0 Å². The van der Waals surface area contributed by atoms with Crippen LogP contribution in [0.15, 0.2) is 0 Å². The van der Waals surface area contributed by atoms with Gasteiger partial charge in [0.2, 0.25) is 0 Å². The molecule has 17 heavy (non-hydrogen) atoms. The highest BCUT2D eigenvalue weighted by Crippen LogP contribution is 2.26. The first-order valence-electron chi connectivity index (χ1n) is 6.51. The third-order valence-electron chi connectivity index (χ3n) is 3.87. The number of nitrogens with zero attached hydrogens (tertiary/aromatic N) is 1. The van der Waals surface area contributed by atoms with Gasteiger partial charge in [-0.3, -0.25) is 0 Å². The summed E-state index contributed by atoms with van der Waals surface area (Å²) in [6, 6.07) is -0.234. The fourth-order valence-corrected chi connectivity index (χ4v) is 4.02. The van der Waals surface area contributed by atoms with E-state index in [0.717, 1.165) is 32.1 Å². The van der Waals surface area contributed by atoms with E-state index >= 15 is 0 Å². The second-order valence-corrected chi connectivity index (χ2v) is 6.80. The van der Waals surface area contributed by atoms with Crippen molar-refractivity contribution in [1.29, 1.82) is 0 Å². The van der Waals surface area contributed by atoms with Gasteiger partial charge in [0.05, 0.1) is 6.61 Å². The average molecular weight is 262 g/mol. The highest BCUT2D eigenvalue weighted by molar-refractivity contribution is 7.87. The van der Waals surface area contributed by atoms with Crippen LogP contribution < -0.4 is 4.72 Å². The van der Waals surface area contributed by atoms with E-state index in [1.165, 1.54) is 10.7 Å². The molecule has 0 spiro atoms. The summed E-state index contributed by atoms with van der Waals surface area (Å²) in [6.07, 6.45) is 6.13. The van der Waals surface area contributed by atoms with E-state index in [2.05, 4.69) is 4.72 Å². The number of rotatable bonds is 5. The lowest BCUT2D eigenvalue weighted by molar-refractivity contribution is 0.153. The molecule has 0 aromatic rings. The maximum atomic E-state index is 12.1. The van der Waals surface area contributed by atoms with Gasteiger partial charge in [-0.15, -0.1) is 0 Å². The lowest BCUT2D eigenvalue weighted by Crippen LogP contribution is -2.51. The fraction of sp³-hybridized carbons (Fsp3) is 1.00. The third-order valence-corrected chi connectivity index (χ3v) is 5.50. The van der Waals surface area contributed by atoms with Gasteiger partial charge in [-0.05, 0) is 31.6 Å². The second-order valence-electron chi connectivity index (χ2n) is 5.09. The fourth-order valence-electron chi connectivity index (χ4n) is 2.48. The zero-order valence-corrected chi connectivity index (χ0v) is 11.0. The molecule has 1 aliphatic carbocycles. The van der Waals surface area contributed by atoms with Crippen molar-refractivity contribution in [3.8, 4) is 0 Å². The summed E-state index contributed by atoms with van der Waals surface area (Å²) in [5.41, 5.74) is 0. The van der Waals surface area contributed by atoms with Crippen molar-refractivity contribution in [3.63, 3.8) is 0 Å². The Morgan fingerprint density at radius 3 is 2.53 bits per heavy atom. The zero-order chi connectivity index (χ0) is 12.3. The van der Waals surface area contributed by atoms with Crippen molar-refractivity contribution in [2.24, 2.45) is 5.92 Å². The van der Waals surface area contributed by atoms with Crippen LogP contribution in [0.2, 0.25) is 0 Å². The van der Waals surface area contributed by atoms with E-state index in [0.29, 0.717) is 19.0 Å². The van der Waals surface area contributed by atoms with E-state index in [1.807, 2.05) is 0 Å². The molecule has 6 heteroatoms. The molecular formula is C11H22N2O3S. The van der Waals surface area contributed by atoms with Gasteiger partial charge in [-0.25, -0.2) is 4.72 Å². The van der Waals surface area contributed by atoms with Crippen LogP contribution in [-0.2, 0) is 10.2 Å². The Labute approximate surface area is 103 Å². The molecule has 100 valence electrons. The van der Waals surface area contributed by atoms with Crippen LogP contribution in [0.5, 0.6) is 0 Å². The quantitative estimate of drug-likeness (QED) is 0.756. The van der Waals surface area contributed by atoms with Crippen LogP contribution in [0.25, 0.3) is 0 Å². The van der Waals surface area contributed by atoms with Crippen molar-refractivity contribution in [2.75, 3.05) is 19.7 Å². The molecule has 0 bridgehead atoms. The van der Waals surface area contributed by atoms with E-state index in [9.17, 15) is 13.5 Å². The third kappa shape index (κ3) is 3.19. The SMILES string of the molecule is O=S(=O)(NCC1CCC1)N1CCCCC1CO. The lowest BCUT2D eigenvalue weighted by atomic mass is 9.86. The Morgan fingerprint density at radius 1 is 1.18 bits per heavy atom. The predicted molar refractivity (Wildman–Crippen MR) is 65.7 cm³/mol. The van der Waals surface area contributed by atoms with Gasteiger partial charge in [0, 0.05) is 19.1 Å². The molecule has 2 rings (SSSR count). The summed E-state index contributed by atoms with van der Waals surface area (Å²) in [5.74, 6) is 0.516. The molecule has 0 radical (unpaired) electrons. The monoisotopic (exact) mass is 262 g/mol. The average Bonchev–Trinajstić information content (AvgIpc) is 2.26. The van der Waals surface area contributed by atoms with Crippen LogP contribution in [0.1, 0.15) is 38.5 Å². The molecule has 1 heterocycles. The molecule has 1 unspecified atom stereocenters. The molecule has 1 saturated carbocycles. The molecule has 1 saturated heterocycles. The Balaban J connectivity index is 1.92. The van der Waals surface area contributed by atoms with Crippen molar-refractivity contribution in [3.05, 3.63) is 0 Å². The Hall–Kier alpha value is -0.170. The minimum atomic E-state index is -3.39. The summed E-state index contributed by atoms with van der Waals surface area (Å²) >= 11 is 0. The number of aliphatic hydroxyl groups is 1. The zero-order valence-electron chi connectivity index (χ0n) is 10.1. The minimum Gasteiger partial charge on any atom is -0.395 e. The van der Waals surface area contributed by atoms with Crippen LogP contribution in [-0.4, -0.2) is 43.6 Å². The van der Waals surface area contributed by atoms with Gasteiger partial charge in [-0.2, -0.15) is 12.7 Å². The number of nitrogens with one attached hydrogen (secondary N) is 1. The van der Waals surface area contributed by atoms with Gasteiger partial charge in [0.1, 0.15) is 0 Å².